The maximum absolute atomic E-state index is 12.0. The van der Waals surface area contributed by atoms with Crippen LogP contribution >= 0.6 is 0 Å². The number of H-pyrrole nitrogens is 1. The zero-order valence-electron chi connectivity index (χ0n) is 11.7. The monoisotopic (exact) mass is 293 g/mol. The molecule has 6 heteroatoms. The number of aromatic nitrogens is 2. The summed E-state index contributed by atoms with van der Waals surface area (Å²) in [5, 5.41) is 6.90. The Labute approximate surface area is 119 Å². The second-order valence-corrected chi connectivity index (χ2v) is 6.71. The molecule has 0 saturated heterocycles. The summed E-state index contributed by atoms with van der Waals surface area (Å²) >= 11 is 0. The molecule has 2 aromatic rings. The van der Waals surface area contributed by atoms with Gasteiger partial charge in [0.1, 0.15) is 0 Å². The third-order valence-corrected chi connectivity index (χ3v) is 4.58. The van der Waals surface area contributed by atoms with E-state index in [4.69, 9.17) is 0 Å². The van der Waals surface area contributed by atoms with Gasteiger partial charge in [0.15, 0.2) is 0 Å². The Bertz CT molecular complexity index is 643. The van der Waals surface area contributed by atoms with Gasteiger partial charge in [-0.15, -0.1) is 0 Å². The quantitative estimate of drug-likeness (QED) is 0.851. The van der Waals surface area contributed by atoms with Crippen LogP contribution < -0.4 is 4.72 Å². The minimum atomic E-state index is -3.28. The molecule has 0 atom stereocenters. The molecule has 0 fully saturated rings. The fourth-order valence-electron chi connectivity index (χ4n) is 1.99. The van der Waals surface area contributed by atoms with Gasteiger partial charge in [-0.2, -0.15) is 5.10 Å². The Morgan fingerprint density at radius 3 is 2.50 bits per heavy atom. The van der Waals surface area contributed by atoms with Crippen LogP contribution in [0.25, 0.3) is 0 Å². The third kappa shape index (κ3) is 3.91. The van der Waals surface area contributed by atoms with Gasteiger partial charge in [0.25, 0.3) is 0 Å². The predicted molar refractivity (Wildman–Crippen MR) is 78.8 cm³/mol. The van der Waals surface area contributed by atoms with Crippen LogP contribution in [-0.2, 0) is 23.0 Å². The lowest BCUT2D eigenvalue weighted by Gasteiger charge is -2.07. The zero-order valence-corrected chi connectivity index (χ0v) is 12.5. The van der Waals surface area contributed by atoms with Crippen LogP contribution in [0.5, 0.6) is 0 Å². The Kier molecular flexibility index (Phi) is 4.57. The van der Waals surface area contributed by atoms with E-state index in [9.17, 15) is 8.42 Å². The van der Waals surface area contributed by atoms with Crippen molar-refractivity contribution in [3.8, 4) is 0 Å². The molecule has 0 unspecified atom stereocenters. The Balaban J connectivity index is 1.92. The first kappa shape index (κ1) is 14.7. The average molecular weight is 293 g/mol. The van der Waals surface area contributed by atoms with Crippen LogP contribution in [0.15, 0.2) is 30.3 Å². The van der Waals surface area contributed by atoms with E-state index in [-0.39, 0.29) is 12.3 Å². The molecule has 2 rings (SSSR count). The van der Waals surface area contributed by atoms with Gasteiger partial charge >= 0.3 is 0 Å². The molecule has 0 saturated carbocycles. The van der Waals surface area contributed by atoms with Gasteiger partial charge in [-0.3, -0.25) is 5.10 Å². The molecule has 1 heterocycles. The summed E-state index contributed by atoms with van der Waals surface area (Å²) < 4.78 is 26.6. The predicted octanol–water partition coefficient (Wildman–Crippen LogP) is 1.69. The van der Waals surface area contributed by atoms with Crippen LogP contribution in [-0.4, -0.2) is 24.4 Å². The van der Waals surface area contributed by atoms with Crippen LogP contribution in [0, 0.1) is 13.8 Å². The van der Waals surface area contributed by atoms with E-state index < -0.39 is 10.0 Å². The highest BCUT2D eigenvalue weighted by Crippen LogP contribution is 2.09. The van der Waals surface area contributed by atoms with Crippen molar-refractivity contribution < 1.29 is 8.42 Å². The Morgan fingerprint density at radius 2 is 1.90 bits per heavy atom. The van der Waals surface area contributed by atoms with Crippen LogP contribution in [0.4, 0.5) is 0 Å². The molecule has 0 aliphatic carbocycles. The lowest BCUT2D eigenvalue weighted by Crippen LogP contribution is -2.27. The lowest BCUT2D eigenvalue weighted by atomic mass is 10.2. The minimum absolute atomic E-state index is 0.0902. The molecule has 0 aliphatic heterocycles. The highest BCUT2D eigenvalue weighted by molar-refractivity contribution is 7.89. The van der Waals surface area contributed by atoms with Crippen LogP contribution in [0.3, 0.4) is 0 Å². The van der Waals surface area contributed by atoms with E-state index in [0.717, 1.165) is 22.5 Å². The number of nitrogens with zero attached hydrogens (tertiary/aromatic N) is 1. The number of sulfonamides is 1. The summed E-state index contributed by atoms with van der Waals surface area (Å²) in [5.74, 6) is 0.0902. The van der Waals surface area contributed by atoms with Crippen LogP contribution in [0.2, 0.25) is 0 Å². The highest BCUT2D eigenvalue weighted by atomic mass is 32.2. The molecule has 0 bridgehead atoms. The molecule has 0 radical (unpaired) electrons. The van der Waals surface area contributed by atoms with Crippen molar-refractivity contribution in [1.82, 2.24) is 14.9 Å². The molecular formula is C14H19N3O2S. The van der Waals surface area contributed by atoms with Gasteiger partial charge in [0.2, 0.25) is 10.0 Å². The molecular weight excluding hydrogens is 274 g/mol. The number of nitrogens with one attached hydrogen (secondary N) is 2. The largest absolute Gasteiger partial charge is 0.282 e. The number of aromatic amines is 1. The van der Waals surface area contributed by atoms with Crippen molar-refractivity contribution in [2.24, 2.45) is 0 Å². The van der Waals surface area contributed by atoms with Crippen molar-refractivity contribution in [2.45, 2.75) is 26.8 Å². The van der Waals surface area contributed by atoms with Gasteiger partial charge in [-0.05, 0) is 25.8 Å². The first-order valence-electron chi connectivity index (χ1n) is 6.49. The molecule has 0 aliphatic rings. The molecule has 1 aromatic heterocycles. The van der Waals surface area contributed by atoms with Crippen molar-refractivity contribution in [3.05, 3.63) is 52.8 Å². The van der Waals surface area contributed by atoms with Crippen molar-refractivity contribution in [3.63, 3.8) is 0 Å². The average Bonchev–Trinajstić information content (AvgIpc) is 2.75. The van der Waals surface area contributed by atoms with Gasteiger partial charge in [-0.25, -0.2) is 13.1 Å². The van der Waals surface area contributed by atoms with E-state index in [1.165, 1.54) is 0 Å². The first-order chi connectivity index (χ1) is 9.48. The standard InChI is InChI=1S/C14H19N3O2S/c1-11-14(12(2)17-16-11)10-15-20(18,19)9-8-13-6-4-3-5-7-13/h3-7,15H,8-10H2,1-2H3,(H,16,17). The number of hydrogen-bond acceptors (Lipinski definition) is 3. The number of aryl methyl sites for hydroxylation is 3. The van der Waals surface area contributed by atoms with Crippen molar-refractivity contribution >= 4 is 10.0 Å². The van der Waals surface area contributed by atoms with E-state index in [2.05, 4.69) is 14.9 Å². The lowest BCUT2D eigenvalue weighted by molar-refractivity contribution is 0.580. The smallest absolute Gasteiger partial charge is 0.212 e. The molecule has 0 spiro atoms. The highest BCUT2D eigenvalue weighted by Gasteiger charge is 2.13. The molecule has 2 N–H and O–H groups in total. The topological polar surface area (TPSA) is 74.8 Å². The second kappa shape index (κ2) is 6.19. The van der Waals surface area contributed by atoms with Crippen LogP contribution in [0.1, 0.15) is 22.5 Å². The van der Waals surface area contributed by atoms with Gasteiger partial charge in [0.05, 0.1) is 11.4 Å². The Morgan fingerprint density at radius 1 is 1.20 bits per heavy atom. The van der Waals surface area contributed by atoms with E-state index >= 15 is 0 Å². The second-order valence-electron chi connectivity index (χ2n) is 4.79. The van der Waals surface area contributed by atoms with Gasteiger partial charge < -0.3 is 0 Å². The fraction of sp³-hybridized carbons (Fsp3) is 0.357. The van der Waals surface area contributed by atoms with E-state index in [1.54, 1.807) is 0 Å². The van der Waals surface area contributed by atoms with E-state index in [1.807, 2.05) is 44.2 Å². The maximum atomic E-state index is 12.0. The number of benzene rings is 1. The summed E-state index contributed by atoms with van der Waals surface area (Å²) in [6, 6.07) is 9.60. The Hall–Kier alpha value is -1.66. The normalized spacial score (nSPS) is 11.7. The van der Waals surface area contributed by atoms with E-state index in [0.29, 0.717) is 6.42 Å². The number of hydrogen-bond donors (Lipinski definition) is 2. The molecule has 0 amide bonds. The fourth-order valence-corrected chi connectivity index (χ4v) is 3.00. The SMILES string of the molecule is Cc1n[nH]c(C)c1CNS(=O)(=O)CCc1ccccc1. The molecule has 108 valence electrons. The molecule has 20 heavy (non-hydrogen) atoms. The third-order valence-electron chi connectivity index (χ3n) is 3.25. The zero-order chi connectivity index (χ0) is 14.6. The van der Waals surface area contributed by atoms with Crippen molar-refractivity contribution in [1.29, 1.82) is 0 Å². The summed E-state index contributed by atoms with van der Waals surface area (Å²) in [7, 11) is -3.28. The molecule has 5 nitrogen and oxygen atoms in total. The first-order valence-corrected chi connectivity index (χ1v) is 8.15. The van der Waals surface area contributed by atoms with Gasteiger partial charge in [-0.1, -0.05) is 30.3 Å². The number of rotatable bonds is 6. The summed E-state index contributed by atoms with van der Waals surface area (Å²) in [5.41, 5.74) is 3.66. The summed E-state index contributed by atoms with van der Waals surface area (Å²) in [4.78, 5) is 0. The summed E-state index contributed by atoms with van der Waals surface area (Å²) in [6.07, 6.45) is 0.513. The molecule has 1 aromatic carbocycles. The van der Waals surface area contributed by atoms with Crippen molar-refractivity contribution in [2.75, 3.05) is 5.75 Å². The minimum Gasteiger partial charge on any atom is -0.282 e. The van der Waals surface area contributed by atoms with Gasteiger partial charge in [0, 0.05) is 17.8 Å². The summed E-state index contributed by atoms with van der Waals surface area (Å²) in [6.45, 7) is 4.02. The maximum Gasteiger partial charge on any atom is 0.212 e.